The predicted molar refractivity (Wildman–Crippen MR) is 93.1 cm³/mol. The molecule has 0 saturated carbocycles. The summed E-state index contributed by atoms with van der Waals surface area (Å²) in [7, 11) is 1.89. The number of Topliss-reactive ketones (excluding diaryl/α,β-unsaturated/α-hetero) is 1. The Kier molecular flexibility index (Phi) is 4.63. The highest BCUT2D eigenvalue weighted by Crippen LogP contribution is 2.35. The van der Waals surface area contributed by atoms with Gasteiger partial charge in [-0.15, -0.1) is 10.2 Å². The van der Waals surface area contributed by atoms with Crippen molar-refractivity contribution in [3.63, 3.8) is 0 Å². The number of benzene rings is 1. The van der Waals surface area contributed by atoms with Gasteiger partial charge in [0.2, 0.25) is 0 Å². The maximum absolute atomic E-state index is 12.2. The Bertz CT molecular complexity index is 773. The fourth-order valence-electron chi connectivity index (χ4n) is 3.07. The Hall–Kier alpha value is -2.06. The minimum Gasteiger partial charge on any atom is -0.485 e. The van der Waals surface area contributed by atoms with E-state index in [1.807, 2.05) is 35.9 Å². The summed E-state index contributed by atoms with van der Waals surface area (Å²) in [5, 5.41) is 12.4. The van der Waals surface area contributed by atoms with E-state index in [-0.39, 0.29) is 17.9 Å². The SMILES string of the molecule is Cn1c(SCC(=O)C2CCCN2)nnc1C1COc2ccccc2O1. The molecule has 1 aromatic carbocycles. The lowest BCUT2D eigenvalue weighted by atomic mass is 10.2. The van der Waals surface area contributed by atoms with Crippen LogP contribution in [0.2, 0.25) is 0 Å². The van der Waals surface area contributed by atoms with E-state index >= 15 is 0 Å². The van der Waals surface area contributed by atoms with Gasteiger partial charge in [0.25, 0.3) is 0 Å². The molecular weight excluding hydrogens is 340 g/mol. The molecule has 1 saturated heterocycles. The number of nitrogens with zero attached hydrogens (tertiary/aromatic N) is 3. The van der Waals surface area contributed by atoms with E-state index in [0.717, 1.165) is 25.1 Å². The number of hydrogen-bond acceptors (Lipinski definition) is 7. The summed E-state index contributed by atoms with van der Waals surface area (Å²) < 4.78 is 13.6. The number of ether oxygens (including phenoxy) is 2. The highest BCUT2D eigenvalue weighted by atomic mass is 32.2. The second-order valence-electron chi connectivity index (χ2n) is 6.17. The minimum atomic E-state index is -0.311. The average molecular weight is 360 g/mol. The third kappa shape index (κ3) is 3.36. The fraction of sp³-hybridized carbons (Fsp3) is 0.471. The number of para-hydroxylation sites is 2. The lowest BCUT2D eigenvalue weighted by Crippen LogP contribution is -2.32. The summed E-state index contributed by atoms with van der Waals surface area (Å²) >= 11 is 1.42. The van der Waals surface area contributed by atoms with E-state index in [1.54, 1.807) is 0 Å². The smallest absolute Gasteiger partial charge is 0.192 e. The van der Waals surface area contributed by atoms with Crippen LogP contribution >= 0.6 is 11.8 Å². The first-order chi connectivity index (χ1) is 12.2. The van der Waals surface area contributed by atoms with E-state index < -0.39 is 0 Å². The van der Waals surface area contributed by atoms with Gasteiger partial charge in [0.15, 0.2) is 34.4 Å². The van der Waals surface area contributed by atoms with Crippen LogP contribution in [0.4, 0.5) is 0 Å². The molecule has 0 amide bonds. The molecule has 1 aromatic heterocycles. The van der Waals surface area contributed by atoms with E-state index in [0.29, 0.717) is 29.1 Å². The molecule has 132 valence electrons. The highest BCUT2D eigenvalue weighted by Gasteiger charge is 2.28. The summed E-state index contributed by atoms with van der Waals surface area (Å²) in [6.45, 7) is 1.31. The summed E-state index contributed by atoms with van der Waals surface area (Å²) in [5.74, 6) is 2.76. The molecule has 2 unspecified atom stereocenters. The number of hydrogen-bond donors (Lipinski definition) is 1. The van der Waals surface area contributed by atoms with Gasteiger partial charge in [0.05, 0.1) is 11.8 Å². The third-order valence-corrected chi connectivity index (χ3v) is 5.50. The van der Waals surface area contributed by atoms with Crippen LogP contribution in [0.25, 0.3) is 0 Å². The molecule has 25 heavy (non-hydrogen) atoms. The monoisotopic (exact) mass is 360 g/mol. The quantitative estimate of drug-likeness (QED) is 0.814. The second kappa shape index (κ2) is 7.05. The Morgan fingerprint density at radius 3 is 3.00 bits per heavy atom. The van der Waals surface area contributed by atoms with Gasteiger partial charge in [-0.3, -0.25) is 4.79 Å². The van der Waals surface area contributed by atoms with Crippen molar-refractivity contribution in [2.45, 2.75) is 30.1 Å². The maximum Gasteiger partial charge on any atom is 0.192 e. The van der Waals surface area contributed by atoms with E-state index in [2.05, 4.69) is 15.5 Å². The number of aromatic nitrogens is 3. The molecule has 2 atom stereocenters. The number of nitrogens with one attached hydrogen (secondary N) is 1. The first-order valence-electron chi connectivity index (χ1n) is 8.39. The van der Waals surface area contributed by atoms with Crippen molar-refractivity contribution in [1.82, 2.24) is 20.1 Å². The van der Waals surface area contributed by atoms with Crippen LogP contribution in [-0.2, 0) is 11.8 Å². The molecule has 2 aliphatic heterocycles. The first-order valence-corrected chi connectivity index (χ1v) is 9.37. The Labute approximate surface area is 150 Å². The molecular formula is C17H20N4O3S. The molecule has 2 aromatic rings. The summed E-state index contributed by atoms with van der Waals surface area (Å²) in [6.07, 6.45) is 1.68. The molecule has 4 rings (SSSR count). The van der Waals surface area contributed by atoms with Crippen molar-refractivity contribution in [2.24, 2.45) is 7.05 Å². The lowest BCUT2D eigenvalue weighted by Gasteiger charge is -2.25. The number of fused-ring (bicyclic) bond motifs is 1. The highest BCUT2D eigenvalue weighted by molar-refractivity contribution is 7.99. The zero-order valence-corrected chi connectivity index (χ0v) is 14.8. The van der Waals surface area contributed by atoms with Crippen LogP contribution in [0.15, 0.2) is 29.4 Å². The van der Waals surface area contributed by atoms with Gasteiger partial charge in [-0.05, 0) is 31.5 Å². The normalized spacial score (nSPS) is 22.1. The fourth-order valence-corrected chi connectivity index (χ4v) is 3.93. The second-order valence-corrected chi connectivity index (χ2v) is 7.11. The van der Waals surface area contributed by atoms with Crippen LogP contribution in [0.5, 0.6) is 11.5 Å². The van der Waals surface area contributed by atoms with Crippen molar-refractivity contribution in [1.29, 1.82) is 0 Å². The van der Waals surface area contributed by atoms with Crippen molar-refractivity contribution in [3.05, 3.63) is 30.1 Å². The molecule has 7 nitrogen and oxygen atoms in total. The molecule has 8 heteroatoms. The lowest BCUT2D eigenvalue weighted by molar-refractivity contribution is -0.118. The number of carbonyl (C=O) groups is 1. The van der Waals surface area contributed by atoms with Gasteiger partial charge in [0.1, 0.15) is 6.61 Å². The van der Waals surface area contributed by atoms with Crippen molar-refractivity contribution in [3.8, 4) is 11.5 Å². The summed E-state index contributed by atoms with van der Waals surface area (Å²) in [5.41, 5.74) is 0. The molecule has 1 fully saturated rings. The molecule has 3 heterocycles. The van der Waals surface area contributed by atoms with Crippen LogP contribution in [0.1, 0.15) is 24.8 Å². The summed E-state index contributed by atoms with van der Waals surface area (Å²) in [6, 6.07) is 7.57. The van der Waals surface area contributed by atoms with Gasteiger partial charge < -0.3 is 19.4 Å². The first kappa shape index (κ1) is 16.4. The Morgan fingerprint density at radius 1 is 1.36 bits per heavy atom. The topological polar surface area (TPSA) is 78.3 Å². The van der Waals surface area contributed by atoms with Crippen molar-refractivity contribution < 1.29 is 14.3 Å². The van der Waals surface area contributed by atoms with E-state index in [4.69, 9.17) is 9.47 Å². The Morgan fingerprint density at radius 2 is 2.20 bits per heavy atom. The Balaban J connectivity index is 1.42. The molecule has 0 radical (unpaired) electrons. The van der Waals surface area contributed by atoms with Gasteiger partial charge in [-0.1, -0.05) is 23.9 Å². The minimum absolute atomic E-state index is 0.00761. The van der Waals surface area contributed by atoms with Gasteiger partial charge in [-0.25, -0.2) is 0 Å². The van der Waals surface area contributed by atoms with E-state index in [9.17, 15) is 4.79 Å². The standard InChI is InChI=1S/C17H20N4O3S/c1-21-16(15-9-23-13-6-2-3-7-14(13)24-15)19-20-17(21)25-10-12(22)11-5-4-8-18-11/h2-3,6-7,11,15,18H,4-5,8-10H2,1H3. The third-order valence-electron chi connectivity index (χ3n) is 4.46. The maximum atomic E-state index is 12.2. The van der Waals surface area contributed by atoms with Gasteiger partial charge in [0, 0.05) is 7.05 Å². The average Bonchev–Trinajstić information content (AvgIpc) is 3.29. The zero-order valence-electron chi connectivity index (χ0n) is 14.0. The molecule has 0 aliphatic carbocycles. The van der Waals surface area contributed by atoms with Crippen LogP contribution < -0.4 is 14.8 Å². The number of carbonyl (C=O) groups excluding carboxylic acids is 1. The van der Waals surface area contributed by atoms with Crippen LogP contribution in [0.3, 0.4) is 0 Å². The number of thioether (sulfide) groups is 1. The molecule has 0 bridgehead atoms. The van der Waals surface area contributed by atoms with Crippen LogP contribution in [-0.4, -0.2) is 45.5 Å². The molecule has 0 spiro atoms. The van der Waals surface area contributed by atoms with Crippen LogP contribution in [0, 0.1) is 0 Å². The largest absolute Gasteiger partial charge is 0.485 e. The molecule has 1 N–H and O–H groups in total. The summed E-state index contributed by atoms with van der Waals surface area (Å²) in [4.78, 5) is 12.2. The van der Waals surface area contributed by atoms with Gasteiger partial charge >= 0.3 is 0 Å². The van der Waals surface area contributed by atoms with Crippen molar-refractivity contribution >= 4 is 17.5 Å². The zero-order chi connectivity index (χ0) is 17.2. The number of ketones is 1. The van der Waals surface area contributed by atoms with Crippen molar-refractivity contribution in [2.75, 3.05) is 18.9 Å². The van der Waals surface area contributed by atoms with Gasteiger partial charge in [-0.2, -0.15) is 0 Å². The number of rotatable bonds is 5. The molecule has 2 aliphatic rings. The van der Waals surface area contributed by atoms with E-state index in [1.165, 1.54) is 11.8 Å². The predicted octanol–water partition coefficient (Wildman–Crippen LogP) is 1.74.